The van der Waals surface area contributed by atoms with Gasteiger partial charge >= 0.3 is 0 Å². The lowest BCUT2D eigenvalue weighted by Gasteiger charge is -2.12. The Kier molecular flexibility index (Phi) is 4.95. The van der Waals surface area contributed by atoms with E-state index in [1.54, 1.807) is 30.9 Å². The van der Waals surface area contributed by atoms with E-state index in [9.17, 15) is 4.79 Å². The standard InChI is InChI=1S/C15H18N4O2S/c20-15(18-5-2-12-8-16-10-19-12)11-1-4-17-14(7-11)21-13-3-6-22-9-13/h1,4,7-8,10,13H,2-3,5-6,9H2,(H,16,19)(H,18,20)/t13-/m1/s1. The number of rotatable bonds is 6. The highest BCUT2D eigenvalue weighted by molar-refractivity contribution is 7.99. The molecule has 3 heterocycles. The summed E-state index contributed by atoms with van der Waals surface area (Å²) in [6, 6.07) is 3.40. The van der Waals surface area contributed by atoms with Gasteiger partial charge in [0.2, 0.25) is 5.88 Å². The summed E-state index contributed by atoms with van der Waals surface area (Å²) in [5, 5.41) is 2.88. The van der Waals surface area contributed by atoms with Gasteiger partial charge in [0.1, 0.15) is 6.10 Å². The first-order valence-electron chi connectivity index (χ1n) is 7.27. The van der Waals surface area contributed by atoms with E-state index in [0.717, 1.165) is 30.0 Å². The van der Waals surface area contributed by atoms with Gasteiger partial charge in [-0.1, -0.05) is 0 Å². The van der Waals surface area contributed by atoms with Gasteiger partial charge in [-0.15, -0.1) is 0 Å². The van der Waals surface area contributed by atoms with Crippen molar-refractivity contribution in [3.05, 3.63) is 42.1 Å². The van der Waals surface area contributed by atoms with Crippen LogP contribution >= 0.6 is 11.8 Å². The third kappa shape index (κ3) is 4.00. The minimum absolute atomic E-state index is 0.118. The largest absolute Gasteiger partial charge is 0.473 e. The van der Waals surface area contributed by atoms with Crippen LogP contribution in [0.25, 0.3) is 0 Å². The fraction of sp³-hybridized carbons (Fsp3) is 0.400. The summed E-state index contributed by atoms with van der Waals surface area (Å²) in [5.74, 6) is 2.52. The van der Waals surface area contributed by atoms with Crippen LogP contribution in [0.2, 0.25) is 0 Å². The lowest BCUT2D eigenvalue weighted by molar-refractivity contribution is 0.0953. The zero-order valence-electron chi connectivity index (χ0n) is 12.1. The number of carbonyl (C=O) groups is 1. The molecule has 1 saturated heterocycles. The Morgan fingerprint density at radius 1 is 1.55 bits per heavy atom. The Morgan fingerprint density at radius 2 is 2.50 bits per heavy atom. The average molecular weight is 318 g/mol. The van der Waals surface area contributed by atoms with Crippen molar-refractivity contribution in [2.45, 2.75) is 18.9 Å². The van der Waals surface area contributed by atoms with Crippen LogP contribution in [0.15, 0.2) is 30.9 Å². The van der Waals surface area contributed by atoms with E-state index in [1.807, 2.05) is 11.8 Å². The molecule has 1 amide bonds. The number of hydrogen-bond donors (Lipinski definition) is 2. The molecule has 2 aromatic heterocycles. The second-order valence-corrected chi connectivity index (χ2v) is 6.22. The molecular formula is C15H18N4O2S. The number of nitrogens with zero attached hydrogens (tertiary/aromatic N) is 2. The molecule has 1 aliphatic rings. The second kappa shape index (κ2) is 7.31. The lowest BCUT2D eigenvalue weighted by atomic mass is 10.2. The van der Waals surface area contributed by atoms with E-state index in [4.69, 9.17) is 4.74 Å². The molecule has 0 unspecified atom stereocenters. The summed E-state index contributed by atoms with van der Waals surface area (Å²) in [6.07, 6.45) is 6.96. The van der Waals surface area contributed by atoms with E-state index in [1.165, 1.54) is 0 Å². The predicted molar refractivity (Wildman–Crippen MR) is 85.2 cm³/mol. The lowest BCUT2D eigenvalue weighted by Crippen LogP contribution is -2.26. The first-order chi connectivity index (χ1) is 10.8. The maximum absolute atomic E-state index is 12.1. The van der Waals surface area contributed by atoms with Gasteiger partial charge < -0.3 is 15.0 Å². The molecule has 0 aromatic carbocycles. The second-order valence-electron chi connectivity index (χ2n) is 5.07. The maximum atomic E-state index is 12.1. The molecule has 7 heteroatoms. The number of nitrogens with one attached hydrogen (secondary N) is 2. The van der Waals surface area contributed by atoms with Crippen molar-refractivity contribution in [2.75, 3.05) is 18.1 Å². The van der Waals surface area contributed by atoms with Crippen LogP contribution in [-0.2, 0) is 6.42 Å². The first-order valence-corrected chi connectivity index (χ1v) is 8.42. The van der Waals surface area contributed by atoms with E-state index in [2.05, 4.69) is 20.3 Å². The fourth-order valence-electron chi connectivity index (χ4n) is 2.23. The third-order valence-corrected chi connectivity index (χ3v) is 4.54. The Labute approximate surface area is 133 Å². The van der Waals surface area contributed by atoms with Gasteiger partial charge in [-0.3, -0.25) is 4.79 Å². The maximum Gasteiger partial charge on any atom is 0.251 e. The molecule has 0 aliphatic carbocycles. The van der Waals surface area contributed by atoms with Gasteiger partial charge in [-0.05, 0) is 18.2 Å². The van der Waals surface area contributed by atoms with Crippen LogP contribution < -0.4 is 10.1 Å². The minimum atomic E-state index is -0.118. The van der Waals surface area contributed by atoms with Crippen LogP contribution in [0.1, 0.15) is 22.5 Å². The Bertz CT molecular complexity index is 612. The van der Waals surface area contributed by atoms with Crippen molar-refractivity contribution in [3.8, 4) is 5.88 Å². The number of thioether (sulfide) groups is 1. The quantitative estimate of drug-likeness (QED) is 0.847. The number of ether oxygens (including phenoxy) is 1. The summed E-state index contributed by atoms with van der Waals surface area (Å²) in [6.45, 7) is 0.554. The highest BCUT2D eigenvalue weighted by Gasteiger charge is 2.18. The van der Waals surface area contributed by atoms with Gasteiger partial charge in [0.05, 0.1) is 6.33 Å². The fourth-order valence-corrected chi connectivity index (χ4v) is 3.32. The van der Waals surface area contributed by atoms with Gasteiger partial charge in [-0.25, -0.2) is 9.97 Å². The summed E-state index contributed by atoms with van der Waals surface area (Å²) in [4.78, 5) is 23.3. The molecule has 6 nitrogen and oxygen atoms in total. The molecule has 1 fully saturated rings. The zero-order chi connectivity index (χ0) is 15.2. The van der Waals surface area contributed by atoms with Crippen molar-refractivity contribution >= 4 is 17.7 Å². The smallest absolute Gasteiger partial charge is 0.251 e. The topological polar surface area (TPSA) is 79.9 Å². The van der Waals surface area contributed by atoms with Gasteiger partial charge in [-0.2, -0.15) is 11.8 Å². The number of pyridine rings is 1. The van der Waals surface area contributed by atoms with Crippen LogP contribution in [0, 0.1) is 0 Å². The number of hydrogen-bond acceptors (Lipinski definition) is 5. The first kappa shape index (κ1) is 14.9. The van der Waals surface area contributed by atoms with Crippen molar-refractivity contribution in [3.63, 3.8) is 0 Å². The van der Waals surface area contributed by atoms with E-state index in [0.29, 0.717) is 18.0 Å². The van der Waals surface area contributed by atoms with Crippen LogP contribution in [-0.4, -0.2) is 45.0 Å². The molecule has 2 aromatic rings. The number of imidazole rings is 1. The van der Waals surface area contributed by atoms with Crippen LogP contribution in [0.5, 0.6) is 5.88 Å². The van der Waals surface area contributed by atoms with Crippen molar-refractivity contribution in [1.29, 1.82) is 0 Å². The SMILES string of the molecule is O=C(NCCc1cnc[nH]1)c1ccnc(O[C@@H]2CCSC2)c1. The average Bonchev–Trinajstić information content (AvgIpc) is 3.21. The predicted octanol–water partition coefficient (Wildman–Crippen LogP) is 1.66. The molecule has 22 heavy (non-hydrogen) atoms. The zero-order valence-corrected chi connectivity index (χ0v) is 12.9. The molecule has 116 valence electrons. The third-order valence-electron chi connectivity index (χ3n) is 3.41. The van der Waals surface area contributed by atoms with Crippen molar-refractivity contribution < 1.29 is 9.53 Å². The molecule has 0 spiro atoms. The Balaban J connectivity index is 1.52. The summed E-state index contributed by atoms with van der Waals surface area (Å²) in [7, 11) is 0. The summed E-state index contributed by atoms with van der Waals surface area (Å²) < 4.78 is 5.80. The van der Waals surface area contributed by atoms with Crippen LogP contribution in [0.3, 0.4) is 0 Å². The van der Waals surface area contributed by atoms with Crippen LogP contribution in [0.4, 0.5) is 0 Å². The number of aromatic nitrogens is 3. The molecule has 3 rings (SSSR count). The Hall–Kier alpha value is -2.02. The van der Waals surface area contributed by atoms with Crippen molar-refractivity contribution in [2.24, 2.45) is 0 Å². The highest BCUT2D eigenvalue weighted by Crippen LogP contribution is 2.22. The van der Waals surface area contributed by atoms with E-state index < -0.39 is 0 Å². The molecule has 1 aliphatic heterocycles. The minimum Gasteiger partial charge on any atom is -0.473 e. The monoisotopic (exact) mass is 318 g/mol. The summed E-state index contributed by atoms with van der Waals surface area (Å²) in [5.41, 5.74) is 1.57. The molecule has 0 bridgehead atoms. The number of aromatic amines is 1. The van der Waals surface area contributed by atoms with E-state index >= 15 is 0 Å². The van der Waals surface area contributed by atoms with Crippen molar-refractivity contribution in [1.82, 2.24) is 20.3 Å². The van der Waals surface area contributed by atoms with Gasteiger partial charge in [0.25, 0.3) is 5.91 Å². The van der Waals surface area contributed by atoms with Gasteiger partial charge in [0, 0.05) is 48.4 Å². The molecule has 1 atom stereocenters. The number of amides is 1. The van der Waals surface area contributed by atoms with E-state index in [-0.39, 0.29) is 12.0 Å². The Morgan fingerprint density at radius 3 is 3.27 bits per heavy atom. The number of H-pyrrole nitrogens is 1. The molecule has 0 radical (unpaired) electrons. The highest BCUT2D eigenvalue weighted by atomic mass is 32.2. The number of carbonyl (C=O) groups excluding carboxylic acids is 1. The molecule has 2 N–H and O–H groups in total. The van der Waals surface area contributed by atoms with Gasteiger partial charge in [0.15, 0.2) is 0 Å². The normalized spacial score (nSPS) is 17.4. The summed E-state index contributed by atoms with van der Waals surface area (Å²) >= 11 is 1.88. The molecular weight excluding hydrogens is 300 g/mol. The molecule has 0 saturated carbocycles.